The van der Waals surface area contributed by atoms with Crippen LogP contribution in [0.3, 0.4) is 0 Å². The molecule has 0 atom stereocenters. The number of pyridine rings is 1. The summed E-state index contributed by atoms with van der Waals surface area (Å²) in [5, 5.41) is 17.3. The molecular formula is C12H10N4O3. The second-order valence-corrected chi connectivity index (χ2v) is 4.19. The number of amides is 1. The van der Waals surface area contributed by atoms with Gasteiger partial charge in [0.1, 0.15) is 0 Å². The molecular weight excluding hydrogens is 248 g/mol. The molecule has 19 heavy (non-hydrogen) atoms. The number of nitro groups is 1. The summed E-state index contributed by atoms with van der Waals surface area (Å²) in [6.45, 7) is 1.07. The van der Waals surface area contributed by atoms with E-state index in [4.69, 9.17) is 0 Å². The standard InChI is InChI=1S/C12H10N4O3/c17-12-9-6-15-10-2-1-7(16(18)19)5-8(10)11(9)13-3-4-14-12/h1-2,5-6,13H,3-4H2,(H,14,17). The normalized spacial score (nSPS) is 14.2. The number of aromatic nitrogens is 1. The van der Waals surface area contributed by atoms with Crippen molar-refractivity contribution in [1.29, 1.82) is 0 Å². The first-order valence-corrected chi connectivity index (χ1v) is 5.76. The van der Waals surface area contributed by atoms with E-state index in [1.54, 1.807) is 6.07 Å². The molecule has 0 fully saturated rings. The van der Waals surface area contributed by atoms with Gasteiger partial charge in [0.25, 0.3) is 11.6 Å². The van der Waals surface area contributed by atoms with E-state index in [9.17, 15) is 14.9 Å². The number of nitro benzene ring substituents is 1. The van der Waals surface area contributed by atoms with Crippen molar-refractivity contribution in [3.05, 3.63) is 40.1 Å². The van der Waals surface area contributed by atoms with Crippen molar-refractivity contribution in [3.63, 3.8) is 0 Å². The first-order valence-electron chi connectivity index (χ1n) is 5.76. The molecule has 0 unspecified atom stereocenters. The van der Waals surface area contributed by atoms with Crippen LogP contribution in [0.2, 0.25) is 0 Å². The van der Waals surface area contributed by atoms with Crippen molar-refractivity contribution in [3.8, 4) is 0 Å². The van der Waals surface area contributed by atoms with Crippen LogP contribution in [0, 0.1) is 10.1 Å². The Morgan fingerprint density at radius 1 is 1.26 bits per heavy atom. The summed E-state index contributed by atoms with van der Waals surface area (Å²) in [7, 11) is 0. The lowest BCUT2D eigenvalue weighted by Gasteiger charge is -2.09. The Kier molecular flexibility index (Phi) is 2.52. The van der Waals surface area contributed by atoms with E-state index < -0.39 is 4.92 Å². The SMILES string of the molecule is O=C1NCCNc2c1cnc1ccc([N+](=O)[O-])cc21. The zero-order valence-corrected chi connectivity index (χ0v) is 9.84. The minimum atomic E-state index is -0.463. The van der Waals surface area contributed by atoms with Gasteiger partial charge in [0.2, 0.25) is 0 Å². The van der Waals surface area contributed by atoms with Gasteiger partial charge in [0.05, 0.1) is 21.7 Å². The lowest BCUT2D eigenvalue weighted by atomic mass is 10.1. The molecule has 0 aliphatic carbocycles. The molecule has 0 saturated carbocycles. The van der Waals surface area contributed by atoms with Crippen molar-refractivity contribution >= 4 is 28.2 Å². The van der Waals surface area contributed by atoms with E-state index in [0.29, 0.717) is 35.2 Å². The highest BCUT2D eigenvalue weighted by Crippen LogP contribution is 2.29. The Hall–Kier alpha value is -2.70. The minimum absolute atomic E-state index is 0.0193. The van der Waals surface area contributed by atoms with Gasteiger partial charge in [-0.25, -0.2) is 0 Å². The van der Waals surface area contributed by atoms with Crippen LogP contribution in [0.15, 0.2) is 24.4 Å². The number of benzene rings is 1. The van der Waals surface area contributed by atoms with E-state index in [1.807, 2.05) is 0 Å². The van der Waals surface area contributed by atoms with Gasteiger partial charge in [-0.2, -0.15) is 0 Å². The number of anilines is 1. The fourth-order valence-electron chi connectivity index (χ4n) is 2.12. The Morgan fingerprint density at radius 3 is 2.84 bits per heavy atom. The molecule has 3 rings (SSSR count). The van der Waals surface area contributed by atoms with Gasteiger partial charge in [-0.15, -0.1) is 0 Å². The highest BCUT2D eigenvalue weighted by molar-refractivity contribution is 6.07. The van der Waals surface area contributed by atoms with E-state index in [0.717, 1.165) is 0 Å². The molecule has 2 heterocycles. The Labute approximate surface area is 107 Å². The van der Waals surface area contributed by atoms with Gasteiger partial charge in [-0.05, 0) is 6.07 Å². The predicted octanol–water partition coefficient (Wildman–Crippen LogP) is 1.30. The smallest absolute Gasteiger partial charge is 0.270 e. The van der Waals surface area contributed by atoms with Crippen molar-refractivity contribution in [1.82, 2.24) is 10.3 Å². The van der Waals surface area contributed by atoms with Gasteiger partial charge < -0.3 is 10.6 Å². The average molecular weight is 258 g/mol. The van der Waals surface area contributed by atoms with Crippen LogP contribution in [0.5, 0.6) is 0 Å². The largest absolute Gasteiger partial charge is 0.382 e. The number of hydrogen-bond acceptors (Lipinski definition) is 5. The first kappa shape index (κ1) is 11.4. The van der Waals surface area contributed by atoms with Crippen molar-refractivity contribution in [2.45, 2.75) is 0 Å². The van der Waals surface area contributed by atoms with Crippen LogP contribution in [0.1, 0.15) is 10.4 Å². The third-order valence-corrected chi connectivity index (χ3v) is 3.02. The second kappa shape index (κ2) is 4.20. The number of rotatable bonds is 1. The number of nitrogens with zero attached hydrogens (tertiary/aromatic N) is 2. The van der Waals surface area contributed by atoms with Gasteiger partial charge >= 0.3 is 0 Å². The molecule has 1 aliphatic rings. The number of carbonyl (C=O) groups excluding carboxylic acids is 1. The van der Waals surface area contributed by atoms with Crippen LogP contribution in [-0.4, -0.2) is 28.9 Å². The summed E-state index contributed by atoms with van der Waals surface area (Å²) in [6.07, 6.45) is 1.48. The molecule has 2 N–H and O–H groups in total. The molecule has 7 heteroatoms. The molecule has 96 valence electrons. The maximum atomic E-state index is 11.8. The fraction of sp³-hybridized carbons (Fsp3) is 0.167. The number of carbonyl (C=O) groups is 1. The maximum absolute atomic E-state index is 11.8. The summed E-state index contributed by atoms with van der Waals surface area (Å²) in [6, 6.07) is 4.42. The maximum Gasteiger partial charge on any atom is 0.270 e. The van der Waals surface area contributed by atoms with Crippen LogP contribution < -0.4 is 10.6 Å². The molecule has 0 spiro atoms. The number of nitrogens with one attached hydrogen (secondary N) is 2. The Morgan fingerprint density at radius 2 is 2.05 bits per heavy atom. The Bertz CT molecular complexity index is 699. The zero-order valence-electron chi connectivity index (χ0n) is 9.84. The fourth-order valence-corrected chi connectivity index (χ4v) is 2.12. The molecule has 1 aromatic heterocycles. The first-order chi connectivity index (χ1) is 9.16. The molecule has 1 aromatic carbocycles. The monoisotopic (exact) mass is 258 g/mol. The summed E-state index contributed by atoms with van der Waals surface area (Å²) >= 11 is 0. The summed E-state index contributed by atoms with van der Waals surface area (Å²) in [5.41, 5.74) is 1.61. The topological polar surface area (TPSA) is 97.2 Å². The predicted molar refractivity (Wildman–Crippen MR) is 69.2 cm³/mol. The van der Waals surface area contributed by atoms with Gasteiger partial charge in [-0.3, -0.25) is 19.9 Å². The highest BCUT2D eigenvalue weighted by Gasteiger charge is 2.19. The van der Waals surface area contributed by atoms with E-state index >= 15 is 0 Å². The molecule has 0 bridgehead atoms. The lowest BCUT2D eigenvalue weighted by molar-refractivity contribution is -0.384. The van der Waals surface area contributed by atoms with E-state index in [1.165, 1.54) is 18.3 Å². The van der Waals surface area contributed by atoms with E-state index in [-0.39, 0.29) is 11.6 Å². The van der Waals surface area contributed by atoms with Crippen LogP contribution in [0.25, 0.3) is 10.9 Å². The summed E-state index contributed by atoms with van der Waals surface area (Å²) < 4.78 is 0. The quantitative estimate of drug-likeness (QED) is 0.593. The number of fused-ring (bicyclic) bond motifs is 3. The molecule has 2 aromatic rings. The second-order valence-electron chi connectivity index (χ2n) is 4.19. The Balaban J connectivity index is 2.29. The molecule has 7 nitrogen and oxygen atoms in total. The summed E-state index contributed by atoms with van der Waals surface area (Å²) in [5.74, 6) is -0.221. The van der Waals surface area contributed by atoms with Crippen LogP contribution in [0.4, 0.5) is 11.4 Å². The lowest BCUT2D eigenvalue weighted by Crippen LogP contribution is -2.24. The van der Waals surface area contributed by atoms with Gasteiger partial charge in [0.15, 0.2) is 0 Å². The van der Waals surface area contributed by atoms with Crippen molar-refractivity contribution in [2.24, 2.45) is 0 Å². The van der Waals surface area contributed by atoms with Crippen molar-refractivity contribution < 1.29 is 9.72 Å². The van der Waals surface area contributed by atoms with Gasteiger partial charge in [0, 0.05) is 36.8 Å². The van der Waals surface area contributed by atoms with Crippen LogP contribution >= 0.6 is 0 Å². The highest BCUT2D eigenvalue weighted by atomic mass is 16.6. The third-order valence-electron chi connectivity index (χ3n) is 3.02. The van der Waals surface area contributed by atoms with E-state index in [2.05, 4.69) is 15.6 Å². The zero-order chi connectivity index (χ0) is 13.4. The molecule has 1 aliphatic heterocycles. The molecule has 1 amide bonds. The van der Waals surface area contributed by atoms with Crippen molar-refractivity contribution in [2.75, 3.05) is 18.4 Å². The minimum Gasteiger partial charge on any atom is -0.382 e. The molecule has 0 radical (unpaired) electrons. The molecule has 0 saturated heterocycles. The summed E-state index contributed by atoms with van der Waals surface area (Å²) in [4.78, 5) is 26.4. The third kappa shape index (κ3) is 1.85. The number of hydrogen-bond donors (Lipinski definition) is 2. The number of non-ortho nitro benzene ring substituents is 1. The average Bonchev–Trinajstić information content (AvgIpc) is 2.60. The van der Waals surface area contributed by atoms with Gasteiger partial charge in [-0.1, -0.05) is 0 Å². The van der Waals surface area contributed by atoms with Crippen LogP contribution in [-0.2, 0) is 0 Å².